The van der Waals surface area contributed by atoms with Crippen molar-refractivity contribution in [3.63, 3.8) is 0 Å². The summed E-state index contributed by atoms with van der Waals surface area (Å²) in [7, 11) is -3.70. The standard InChI is InChI=1S/C21H26N2O6S/c1-5-28-21(25)16-6-8-17(9-7-16)22-20(24)14-23(30(4,26)27)18-10-12-19(13-11-18)29-15(2)3/h6-13,15H,5,14H2,1-4H3,(H,22,24). The van der Waals surface area contributed by atoms with Crippen LogP contribution in [0.2, 0.25) is 0 Å². The number of hydrogen-bond donors (Lipinski definition) is 1. The highest BCUT2D eigenvalue weighted by atomic mass is 32.2. The smallest absolute Gasteiger partial charge is 0.338 e. The normalized spacial score (nSPS) is 11.1. The molecule has 0 fully saturated rings. The van der Waals surface area contributed by atoms with E-state index in [-0.39, 0.29) is 12.7 Å². The monoisotopic (exact) mass is 434 g/mol. The van der Waals surface area contributed by atoms with Crippen molar-refractivity contribution < 1.29 is 27.5 Å². The van der Waals surface area contributed by atoms with Crippen molar-refractivity contribution >= 4 is 33.3 Å². The van der Waals surface area contributed by atoms with Crippen LogP contribution in [0.1, 0.15) is 31.1 Å². The molecule has 0 aliphatic carbocycles. The fourth-order valence-electron chi connectivity index (χ4n) is 2.60. The van der Waals surface area contributed by atoms with Crippen LogP contribution in [-0.2, 0) is 19.6 Å². The van der Waals surface area contributed by atoms with Crippen molar-refractivity contribution in [1.82, 2.24) is 0 Å². The van der Waals surface area contributed by atoms with Crippen LogP contribution in [0.3, 0.4) is 0 Å². The van der Waals surface area contributed by atoms with Gasteiger partial charge in [0.2, 0.25) is 15.9 Å². The Bertz CT molecular complexity index is 970. The van der Waals surface area contributed by atoms with Crippen LogP contribution in [0, 0.1) is 0 Å². The topological polar surface area (TPSA) is 102 Å². The molecule has 0 atom stereocenters. The van der Waals surface area contributed by atoms with Gasteiger partial charge in [0.1, 0.15) is 12.3 Å². The molecule has 30 heavy (non-hydrogen) atoms. The SMILES string of the molecule is CCOC(=O)c1ccc(NC(=O)CN(c2ccc(OC(C)C)cc2)S(C)(=O)=O)cc1. The number of nitrogens with one attached hydrogen (secondary N) is 1. The second-order valence-electron chi connectivity index (χ2n) is 6.78. The van der Waals surface area contributed by atoms with Crippen molar-refractivity contribution in [2.24, 2.45) is 0 Å². The van der Waals surface area contributed by atoms with Crippen LogP contribution in [-0.4, -0.2) is 45.8 Å². The van der Waals surface area contributed by atoms with E-state index < -0.39 is 28.4 Å². The maximum atomic E-state index is 12.4. The first-order valence-corrected chi connectivity index (χ1v) is 11.3. The van der Waals surface area contributed by atoms with Gasteiger partial charge in [0.15, 0.2) is 0 Å². The van der Waals surface area contributed by atoms with Crippen LogP contribution in [0.5, 0.6) is 5.75 Å². The maximum absolute atomic E-state index is 12.4. The van der Waals surface area contributed by atoms with Crippen LogP contribution < -0.4 is 14.4 Å². The van der Waals surface area contributed by atoms with Gasteiger partial charge in [0, 0.05) is 5.69 Å². The molecule has 9 heteroatoms. The summed E-state index contributed by atoms with van der Waals surface area (Å²) in [5, 5.41) is 2.63. The Labute approximate surface area is 176 Å². The Balaban J connectivity index is 2.10. The molecule has 0 saturated carbocycles. The molecule has 0 saturated heterocycles. The highest BCUT2D eigenvalue weighted by Gasteiger charge is 2.21. The van der Waals surface area contributed by atoms with Crippen molar-refractivity contribution in [2.75, 3.05) is 29.0 Å². The number of carbonyl (C=O) groups excluding carboxylic acids is 2. The molecule has 0 aliphatic rings. The molecule has 2 aromatic carbocycles. The number of benzene rings is 2. The van der Waals surface area contributed by atoms with Gasteiger partial charge in [-0.25, -0.2) is 13.2 Å². The predicted molar refractivity (Wildman–Crippen MR) is 115 cm³/mol. The second kappa shape index (κ2) is 10.1. The summed E-state index contributed by atoms with van der Waals surface area (Å²) >= 11 is 0. The summed E-state index contributed by atoms with van der Waals surface area (Å²) in [5.41, 5.74) is 1.14. The van der Waals surface area contributed by atoms with Crippen molar-refractivity contribution in [3.8, 4) is 5.75 Å². The molecular weight excluding hydrogens is 408 g/mol. The van der Waals surface area contributed by atoms with E-state index in [0.29, 0.717) is 22.7 Å². The van der Waals surface area contributed by atoms with Gasteiger partial charge in [-0.2, -0.15) is 0 Å². The third-order valence-electron chi connectivity index (χ3n) is 3.86. The maximum Gasteiger partial charge on any atom is 0.338 e. The molecule has 0 spiro atoms. The lowest BCUT2D eigenvalue weighted by molar-refractivity contribution is -0.114. The fraction of sp³-hybridized carbons (Fsp3) is 0.333. The molecule has 0 bridgehead atoms. The Morgan fingerprint density at radius 1 is 1.03 bits per heavy atom. The zero-order valence-electron chi connectivity index (χ0n) is 17.4. The predicted octanol–water partition coefficient (Wildman–Crippen LogP) is 3.06. The van der Waals surface area contributed by atoms with Crippen molar-refractivity contribution in [2.45, 2.75) is 26.9 Å². The van der Waals surface area contributed by atoms with Gasteiger partial charge in [-0.3, -0.25) is 9.10 Å². The number of esters is 1. The highest BCUT2D eigenvalue weighted by molar-refractivity contribution is 7.92. The van der Waals surface area contributed by atoms with E-state index in [1.807, 2.05) is 13.8 Å². The zero-order valence-corrected chi connectivity index (χ0v) is 18.2. The molecular formula is C21H26N2O6S. The average Bonchev–Trinajstić information content (AvgIpc) is 2.66. The molecule has 1 N–H and O–H groups in total. The van der Waals surface area contributed by atoms with Crippen LogP contribution in [0.25, 0.3) is 0 Å². The summed E-state index contributed by atoms with van der Waals surface area (Å²) in [6.07, 6.45) is 1.02. The number of carbonyl (C=O) groups is 2. The number of nitrogens with zero attached hydrogens (tertiary/aromatic N) is 1. The van der Waals surface area contributed by atoms with Gasteiger partial charge >= 0.3 is 5.97 Å². The third kappa shape index (κ3) is 6.77. The average molecular weight is 435 g/mol. The Morgan fingerprint density at radius 2 is 1.63 bits per heavy atom. The van der Waals surface area contributed by atoms with E-state index in [1.54, 1.807) is 43.3 Å². The number of amides is 1. The van der Waals surface area contributed by atoms with Crippen LogP contribution in [0.4, 0.5) is 11.4 Å². The first-order chi connectivity index (χ1) is 14.1. The Kier molecular flexibility index (Phi) is 7.82. The minimum absolute atomic E-state index is 0.0112. The van der Waals surface area contributed by atoms with Crippen LogP contribution >= 0.6 is 0 Å². The van der Waals surface area contributed by atoms with E-state index >= 15 is 0 Å². The molecule has 2 rings (SSSR count). The van der Waals surface area contributed by atoms with Gasteiger partial charge < -0.3 is 14.8 Å². The number of hydrogen-bond acceptors (Lipinski definition) is 6. The minimum Gasteiger partial charge on any atom is -0.491 e. The van der Waals surface area contributed by atoms with Gasteiger partial charge in [0.25, 0.3) is 0 Å². The molecule has 2 aromatic rings. The second-order valence-corrected chi connectivity index (χ2v) is 8.68. The summed E-state index contributed by atoms with van der Waals surface area (Å²) < 4.78 is 35.9. The van der Waals surface area contributed by atoms with E-state index in [0.717, 1.165) is 10.6 Å². The molecule has 0 heterocycles. The zero-order chi connectivity index (χ0) is 22.3. The molecule has 162 valence electrons. The molecule has 0 aromatic heterocycles. The van der Waals surface area contributed by atoms with Gasteiger partial charge in [-0.05, 0) is 69.3 Å². The summed E-state index contributed by atoms with van der Waals surface area (Å²) in [6, 6.07) is 12.6. The third-order valence-corrected chi connectivity index (χ3v) is 5.00. The summed E-state index contributed by atoms with van der Waals surface area (Å²) in [4.78, 5) is 24.1. The molecule has 0 radical (unpaired) electrons. The van der Waals surface area contributed by atoms with Crippen molar-refractivity contribution in [3.05, 3.63) is 54.1 Å². The number of rotatable bonds is 9. The first-order valence-electron chi connectivity index (χ1n) is 9.41. The van der Waals surface area contributed by atoms with E-state index in [4.69, 9.17) is 9.47 Å². The lowest BCUT2D eigenvalue weighted by atomic mass is 10.2. The Morgan fingerprint density at radius 3 is 2.13 bits per heavy atom. The number of anilines is 2. The van der Waals surface area contributed by atoms with Gasteiger partial charge in [-0.1, -0.05) is 0 Å². The van der Waals surface area contributed by atoms with E-state index in [2.05, 4.69) is 5.32 Å². The number of ether oxygens (including phenoxy) is 2. The number of sulfonamides is 1. The van der Waals surface area contributed by atoms with Crippen molar-refractivity contribution in [1.29, 1.82) is 0 Å². The Hall–Kier alpha value is -3.07. The lowest BCUT2D eigenvalue weighted by Crippen LogP contribution is -2.37. The van der Waals surface area contributed by atoms with Crippen LogP contribution in [0.15, 0.2) is 48.5 Å². The summed E-state index contributed by atoms with van der Waals surface area (Å²) in [6.45, 7) is 5.36. The minimum atomic E-state index is -3.70. The lowest BCUT2D eigenvalue weighted by Gasteiger charge is -2.22. The largest absolute Gasteiger partial charge is 0.491 e. The van der Waals surface area contributed by atoms with E-state index in [1.165, 1.54) is 12.1 Å². The molecule has 1 amide bonds. The van der Waals surface area contributed by atoms with Gasteiger partial charge in [0.05, 0.1) is 30.2 Å². The quantitative estimate of drug-likeness (QED) is 0.609. The molecule has 8 nitrogen and oxygen atoms in total. The molecule has 0 unspecified atom stereocenters. The fourth-order valence-corrected chi connectivity index (χ4v) is 3.45. The first kappa shape index (κ1) is 23.2. The van der Waals surface area contributed by atoms with E-state index in [9.17, 15) is 18.0 Å². The summed E-state index contributed by atoms with van der Waals surface area (Å²) in [5.74, 6) is -0.372. The molecule has 0 aliphatic heterocycles. The van der Waals surface area contributed by atoms with Gasteiger partial charge in [-0.15, -0.1) is 0 Å². The highest BCUT2D eigenvalue weighted by Crippen LogP contribution is 2.22.